The molecule has 1 aromatic rings. The Kier molecular flexibility index (Phi) is 6.10. The van der Waals surface area contributed by atoms with Crippen molar-refractivity contribution in [2.24, 2.45) is 28.6 Å². The monoisotopic (exact) mass is 538 g/mol. The van der Waals surface area contributed by atoms with Crippen LogP contribution in [0.5, 0.6) is 0 Å². The number of aliphatic hydroxyl groups is 1. The third-order valence-corrected chi connectivity index (χ3v) is 10.3. The molecule has 0 unspecified atom stereocenters. The summed E-state index contributed by atoms with van der Waals surface area (Å²) in [5.41, 5.74) is -7.19. The number of carbonyl (C=O) groups excluding carboxylic acids is 3. The van der Waals surface area contributed by atoms with Gasteiger partial charge in [-0.25, -0.2) is 18.0 Å². The molecule has 200 valence electrons. The van der Waals surface area contributed by atoms with Crippen LogP contribution in [0.4, 0.5) is 13.2 Å². The van der Waals surface area contributed by atoms with E-state index in [2.05, 4.69) is 0 Å². The number of hydrogen-bond acceptors (Lipinski definition) is 7. The van der Waals surface area contributed by atoms with Gasteiger partial charge in [-0.15, -0.1) is 0 Å². The highest BCUT2D eigenvalue weighted by Gasteiger charge is 2.78. The summed E-state index contributed by atoms with van der Waals surface area (Å²) < 4.78 is 57.5. The molecule has 10 heteroatoms. The average molecular weight is 539 g/mol. The highest BCUT2D eigenvalue weighted by molar-refractivity contribution is 8.13. The van der Waals surface area contributed by atoms with Crippen LogP contribution in [-0.2, 0) is 14.3 Å². The van der Waals surface area contributed by atoms with Crippen LogP contribution in [-0.4, -0.2) is 51.5 Å². The van der Waals surface area contributed by atoms with E-state index in [9.17, 15) is 23.9 Å². The maximum atomic E-state index is 17.4. The fourth-order valence-electron chi connectivity index (χ4n) is 7.97. The molecule has 4 aliphatic rings. The van der Waals surface area contributed by atoms with Gasteiger partial charge in [-0.05, 0) is 73.7 Å². The summed E-state index contributed by atoms with van der Waals surface area (Å²) in [6.45, 7) is 4.79. The molecule has 0 aromatic carbocycles. The molecule has 5 rings (SSSR count). The van der Waals surface area contributed by atoms with Crippen molar-refractivity contribution in [3.05, 3.63) is 48.0 Å². The Hall–Kier alpha value is -2.33. The number of allylic oxidation sites excluding steroid dienone is 4. The number of hydrogen-bond donors (Lipinski definition) is 1. The Morgan fingerprint density at radius 1 is 1.27 bits per heavy atom. The first-order valence-electron chi connectivity index (χ1n) is 12.3. The molecule has 1 heterocycles. The molecule has 3 saturated carbocycles. The van der Waals surface area contributed by atoms with Gasteiger partial charge in [0.05, 0.1) is 12.4 Å². The number of aliphatic hydroxyl groups excluding tert-OH is 1. The molecular formula is C27H29F3O6S. The lowest BCUT2D eigenvalue weighted by Gasteiger charge is -2.63. The van der Waals surface area contributed by atoms with E-state index in [1.807, 2.05) is 0 Å². The zero-order chi connectivity index (χ0) is 27.0. The normalized spacial score (nSPS) is 44.5. The van der Waals surface area contributed by atoms with Gasteiger partial charge < -0.3 is 14.3 Å². The van der Waals surface area contributed by atoms with Crippen LogP contribution < -0.4 is 0 Å². The van der Waals surface area contributed by atoms with Crippen LogP contribution in [0.15, 0.2) is 46.6 Å². The van der Waals surface area contributed by atoms with Crippen molar-refractivity contribution < 1.29 is 41.8 Å². The lowest BCUT2D eigenvalue weighted by molar-refractivity contribution is -0.221. The van der Waals surface area contributed by atoms with E-state index < -0.39 is 75.0 Å². The standard InChI is InChI=1S/C27H29F3O6S/c1-14-9-16-17-11-19(29)18-10-15(31)6-7-24(18,2)26(17,30)21(32)12-25(16,3)27(14,23(34)37-13-28)36-22(33)20-5-4-8-35-20/h4-8,10,14,16-17,19,21,32H,9,11-13H2,1-3H3/t14-,16+,17+,19+,21+,24+,25+,26+,27+/m1/s1. The second-order valence-electron chi connectivity index (χ2n) is 11.1. The molecule has 1 N–H and O–H groups in total. The van der Waals surface area contributed by atoms with E-state index in [1.54, 1.807) is 13.8 Å². The van der Waals surface area contributed by atoms with Gasteiger partial charge in [0.2, 0.25) is 10.9 Å². The molecule has 6 nitrogen and oxygen atoms in total. The van der Waals surface area contributed by atoms with Crippen molar-refractivity contribution in [3.63, 3.8) is 0 Å². The van der Waals surface area contributed by atoms with Crippen LogP contribution in [0.2, 0.25) is 0 Å². The third-order valence-electron chi connectivity index (χ3n) is 9.63. The molecule has 0 radical (unpaired) electrons. The Bertz CT molecular complexity index is 1200. The van der Waals surface area contributed by atoms with Crippen molar-refractivity contribution in [2.45, 2.75) is 63.6 Å². The first-order valence-corrected chi connectivity index (χ1v) is 13.3. The summed E-state index contributed by atoms with van der Waals surface area (Å²) in [5.74, 6) is -3.98. The van der Waals surface area contributed by atoms with E-state index >= 15 is 8.78 Å². The molecule has 37 heavy (non-hydrogen) atoms. The number of thioether (sulfide) groups is 1. The number of ether oxygens (including phenoxy) is 1. The molecule has 9 atom stereocenters. The molecule has 0 aliphatic heterocycles. The zero-order valence-electron chi connectivity index (χ0n) is 20.7. The van der Waals surface area contributed by atoms with Gasteiger partial charge in [0.15, 0.2) is 17.1 Å². The Balaban J connectivity index is 1.64. The number of esters is 1. The maximum Gasteiger partial charge on any atom is 0.375 e. The number of rotatable bonds is 4. The fourth-order valence-corrected chi connectivity index (χ4v) is 8.76. The topological polar surface area (TPSA) is 93.8 Å². The van der Waals surface area contributed by atoms with Crippen molar-refractivity contribution in [3.8, 4) is 0 Å². The van der Waals surface area contributed by atoms with Crippen molar-refractivity contribution in [2.75, 3.05) is 6.01 Å². The van der Waals surface area contributed by atoms with Gasteiger partial charge in [0.1, 0.15) is 12.2 Å². The van der Waals surface area contributed by atoms with Gasteiger partial charge in [0, 0.05) is 22.7 Å². The molecule has 0 bridgehead atoms. The molecule has 0 saturated heterocycles. The first-order chi connectivity index (χ1) is 17.4. The van der Waals surface area contributed by atoms with Crippen LogP contribution in [0.3, 0.4) is 0 Å². The highest BCUT2D eigenvalue weighted by atomic mass is 32.2. The SMILES string of the molecule is C[C@@H]1C[C@H]2[C@@H]3C[C@H](F)C4=CC(=O)C=C[C@]4(C)[C@@]3(F)[C@@H](O)C[C@]2(C)[C@@]1(OC(=O)c1ccco1)C(=O)SCF. The van der Waals surface area contributed by atoms with E-state index in [0.717, 1.165) is 6.08 Å². The molecule has 4 aliphatic carbocycles. The van der Waals surface area contributed by atoms with E-state index in [0.29, 0.717) is 11.8 Å². The van der Waals surface area contributed by atoms with Crippen LogP contribution >= 0.6 is 11.8 Å². The van der Waals surface area contributed by atoms with Gasteiger partial charge in [0.25, 0.3) is 0 Å². The summed E-state index contributed by atoms with van der Waals surface area (Å²) in [7, 11) is 0. The number of furan rings is 1. The zero-order valence-corrected chi connectivity index (χ0v) is 21.5. The minimum Gasteiger partial charge on any atom is -0.457 e. The number of carbonyl (C=O) groups is 3. The second kappa shape index (κ2) is 8.59. The second-order valence-corrected chi connectivity index (χ2v) is 12.0. The van der Waals surface area contributed by atoms with E-state index in [-0.39, 0.29) is 30.6 Å². The minimum absolute atomic E-state index is 0.00739. The molecule has 1 aromatic heterocycles. The largest absolute Gasteiger partial charge is 0.457 e. The van der Waals surface area contributed by atoms with Crippen molar-refractivity contribution in [1.29, 1.82) is 0 Å². The maximum absolute atomic E-state index is 17.4. The highest BCUT2D eigenvalue weighted by Crippen LogP contribution is 2.72. The van der Waals surface area contributed by atoms with Crippen LogP contribution in [0.25, 0.3) is 0 Å². The summed E-state index contributed by atoms with van der Waals surface area (Å²) in [5, 5.41) is 10.7. The number of halogens is 3. The van der Waals surface area contributed by atoms with Crippen molar-refractivity contribution >= 4 is 28.6 Å². The van der Waals surface area contributed by atoms with Crippen LogP contribution in [0.1, 0.15) is 50.6 Å². The third kappa shape index (κ3) is 3.27. The summed E-state index contributed by atoms with van der Waals surface area (Å²) >= 11 is 0.352. The average Bonchev–Trinajstić information content (AvgIpc) is 3.45. The van der Waals surface area contributed by atoms with Crippen LogP contribution in [0, 0.1) is 28.6 Å². The fraction of sp³-hybridized carbons (Fsp3) is 0.593. The van der Waals surface area contributed by atoms with E-state index in [1.165, 1.54) is 37.5 Å². The number of ketones is 1. The van der Waals surface area contributed by atoms with Crippen molar-refractivity contribution in [1.82, 2.24) is 0 Å². The smallest absolute Gasteiger partial charge is 0.375 e. The lowest BCUT2D eigenvalue weighted by Crippen LogP contribution is -2.70. The predicted octanol–water partition coefficient (Wildman–Crippen LogP) is 4.93. The van der Waals surface area contributed by atoms with Gasteiger partial charge in [-0.3, -0.25) is 9.59 Å². The number of fused-ring (bicyclic) bond motifs is 5. The predicted molar refractivity (Wildman–Crippen MR) is 129 cm³/mol. The van der Waals surface area contributed by atoms with Gasteiger partial charge in [-0.2, -0.15) is 0 Å². The Labute approximate surface area is 216 Å². The lowest BCUT2D eigenvalue weighted by atomic mass is 9.44. The summed E-state index contributed by atoms with van der Waals surface area (Å²) in [4.78, 5) is 38.7. The summed E-state index contributed by atoms with van der Waals surface area (Å²) in [6, 6.07) is 1.78. The molecule has 0 spiro atoms. The minimum atomic E-state index is -2.35. The molecular weight excluding hydrogens is 509 g/mol. The first kappa shape index (κ1) is 26.3. The Morgan fingerprint density at radius 3 is 2.65 bits per heavy atom. The number of alkyl halides is 3. The summed E-state index contributed by atoms with van der Waals surface area (Å²) in [6.07, 6.45) is 1.16. The quantitative estimate of drug-likeness (QED) is 0.544. The van der Waals surface area contributed by atoms with E-state index in [4.69, 9.17) is 9.15 Å². The van der Waals surface area contributed by atoms with Gasteiger partial charge >= 0.3 is 5.97 Å². The Morgan fingerprint density at radius 2 is 2.00 bits per heavy atom. The molecule has 0 amide bonds. The van der Waals surface area contributed by atoms with Gasteiger partial charge in [-0.1, -0.05) is 19.9 Å². The molecule has 3 fully saturated rings.